The van der Waals surface area contributed by atoms with E-state index in [4.69, 9.17) is 5.73 Å². The Morgan fingerprint density at radius 3 is 2.53 bits per heavy atom. The van der Waals surface area contributed by atoms with Crippen molar-refractivity contribution in [3.63, 3.8) is 0 Å². The van der Waals surface area contributed by atoms with Crippen molar-refractivity contribution < 1.29 is 8.42 Å². The van der Waals surface area contributed by atoms with E-state index in [-0.39, 0.29) is 16.4 Å². The van der Waals surface area contributed by atoms with E-state index >= 15 is 0 Å². The molecule has 0 aromatic carbocycles. The third-order valence-electron chi connectivity index (χ3n) is 3.44. The molecule has 1 rings (SSSR count). The Balaban J connectivity index is 3.02. The molecule has 0 saturated heterocycles. The number of rotatable bonds is 5. The highest BCUT2D eigenvalue weighted by atomic mass is 32.2. The van der Waals surface area contributed by atoms with Gasteiger partial charge in [-0.25, -0.2) is 8.42 Å². The largest absolute Gasteiger partial charge is 0.329 e. The molecule has 1 aromatic rings. The fourth-order valence-electron chi connectivity index (χ4n) is 1.65. The van der Waals surface area contributed by atoms with E-state index in [2.05, 4.69) is 5.10 Å². The summed E-state index contributed by atoms with van der Waals surface area (Å²) in [6.45, 7) is 8.88. The van der Waals surface area contributed by atoms with Crippen LogP contribution < -0.4 is 5.73 Å². The molecule has 110 valence electrons. The lowest BCUT2D eigenvalue weighted by molar-refractivity contribution is 0.216. The summed E-state index contributed by atoms with van der Waals surface area (Å²) in [4.78, 5) is 0.208. The Labute approximate surface area is 115 Å². The van der Waals surface area contributed by atoms with Crippen molar-refractivity contribution in [2.24, 2.45) is 11.1 Å². The molecule has 0 fully saturated rings. The molecule has 0 spiro atoms. The van der Waals surface area contributed by atoms with Gasteiger partial charge in [0.2, 0.25) is 10.0 Å². The number of hydrogen-bond acceptors (Lipinski definition) is 4. The summed E-state index contributed by atoms with van der Waals surface area (Å²) in [5.41, 5.74) is 5.29. The van der Waals surface area contributed by atoms with E-state index in [1.807, 2.05) is 27.7 Å². The average Bonchev–Trinajstić information content (AvgIpc) is 2.75. The van der Waals surface area contributed by atoms with Gasteiger partial charge in [0.25, 0.3) is 0 Å². The molecule has 1 unspecified atom stereocenters. The van der Waals surface area contributed by atoms with Crippen LogP contribution >= 0.6 is 0 Å². The van der Waals surface area contributed by atoms with Crippen molar-refractivity contribution in [2.45, 2.75) is 45.2 Å². The summed E-state index contributed by atoms with van der Waals surface area (Å²) in [5, 5.41) is 4.01. The highest BCUT2D eigenvalue weighted by molar-refractivity contribution is 7.89. The van der Waals surface area contributed by atoms with E-state index < -0.39 is 10.0 Å². The minimum atomic E-state index is -3.51. The molecule has 1 atom stereocenters. The third-order valence-corrected chi connectivity index (χ3v) is 5.32. The first-order valence-corrected chi connectivity index (χ1v) is 7.75. The van der Waals surface area contributed by atoms with Gasteiger partial charge in [-0.3, -0.25) is 4.68 Å². The minimum Gasteiger partial charge on any atom is -0.329 e. The zero-order valence-electron chi connectivity index (χ0n) is 12.3. The van der Waals surface area contributed by atoms with Crippen molar-refractivity contribution in [1.82, 2.24) is 14.1 Å². The summed E-state index contributed by atoms with van der Waals surface area (Å²) in [7, 11) is -1.91. The van der Waals surface area contributed by atoms with Crippen molar-refractivity contribution in [2.75, 3.05) is 13.6 Å². The molecule has 0 aliphatic rings. The van der Waals surface area contributed by atoms with Crippen LogP contribution in [0.2, 0.25) is 0 Å². The van der Waals surface area contributed by atoms with Crippen LogP contribution in [0.25, 0.3) is 0 Å². The fourth-order valence-corrected chi connectivity index (χ4v) is 3.15. The number of nitrogens with zero attached hydrogens (tertiary/aromatic N) is 3. The molecule has 6 nitrogen and oxygen atoms in total. The van der Waals surface area contributed by atoms with E-state index in [1.165, 1.54) is 16.7 Å². The zero-order valence-corrected chi connectivity index (χ0v) is 13.1. The minimum absolute atomic E-state index is 0.115. The van der Waals surface area contributed by atoms with Gasteiger partial charge in [0.05, 0.1) is 12.7 Å². The van der Waals surface area contributed by atoms with Gasteiger partial charge in [-0.1, -0.05) is 20.8 Å². The first-order chi connectivity index (χ1) is 8.60. The van der Waals surface area contributed by atoms with Crippen LogP contribution in [0.4, 0.5) is 0 Å². The topological polar surface area (TPSA) is 81.2 Å². The predicted octanol–water partition coefficient (Wildman–Crippen LogP) is 0.897. The maximum atomic E-state index is 12.5. The van der Waals surface area contributed by atoms with Gasteiger partial charge in [-0.05, 0) is 12.3 Å². The van der Waals surface area contributed by atoms with Crippen LogP contribution in [-0.2, 0) is 16.6 Å². The van der Waals surface area contributed by atoms with Crippen molar-refractivity contribution in [3.8, 4) is 0 Å². The average molecular weight is 288 g/mol. The van der Waals surface area contributed by atoms with Gasteiger partial charge < -0.3 is 5.73 Å². The van der Waals surface area contributed by atoms with Crippen molar-refractivity contribution in [3.05, 3.63) is 12.4 Å². The van der Waals surface area contributed by atoms with Gasteiger partial charge >= 0.3 is 0 Å². The van der Waals surface area contributed by atoms with Crippen LogP contribution in [0, 0.1) is 5.41 Å². The van der Waals surface area contributed by atoms with Gasteiger partial charge in [-0.2, -0.15) is 9.40 Å². The Morgan fingerprint density at radius 2 is 2.05 bits per heavy atom. The van der Waals surface area contributed by atoms with Gasteiger partial charge in [-0.15, -0.1) is 0 Å². The summed E-state index contributed by atoms with van der Waals surface area (Å²) in [6, 6.07) is -0.115. The summed E-state index contributed by atoms with van der Waals surface area (Å²) in [6.07, 6.45) is 2.89. The lowest BCUT2D eigenvalue weighted by Gasteiger charge is -2.34. The molecule has 1 aromatic heterocycles. The molecule has 1 heterocycles. The Hall–Kier alpha value is -0.920. The molecule has 7 heteroatoms. The molecule has 0 saturated carbocycles. The van der Waals surface area contributed by atoms with E-state index in [0.29, 0.717) is 13.1 Å². The van der Waals surface area contributed by atoms with E-state index in [0.717, 1.165) is 0 Å². The van der Waals surface area contributed by atoms with Crippen LogP contribution in [0.5, 0.6) is 0 Å². The second-order valence-electron chi connectivity index (χ2n) is 5.79. The SMILES string of the molecule is CC(N(C)S(=O)(=O)c1cnn(CCN)c1)C(C)(C)C. The number of hydrogen-bond donors (Lipinski definition) is 1. The van der Waals surface area contributed by atoms with Crippen molar-refractivity contribution in [1.29, 1.82) is 0 Å². The lowest BCUT2D eigenvalue weighted by Crippen LogP contribution is -2.42. The zero-order chi connectivity index (χ0) is 14.8. The summed E-state index contributed by atoms with van der Waals surface area (Å²) >= 11 is 0. The number of aromatic nitrogens is 2. The maximum absolute atomic E-state index is 12.5. The molecular formula is C12H24N4O2S. The molecule has 19 heavy (non-hydrogen) atoms. The summed E-state index contributed by atoms with van der Waals surface area (Å²) in [5.74, 6) is 0. The first-order valence-electron chi connectivity index (χ1n) is 6.31. The highest BCUT2D eigenvalue weighted by Gasteiger charge is 2.33. The Morgan fingerprint density at radius 1 is 1.47 bits per heavy atom. The fraction of sp³-hybridized carbons (Fsp3) is 0.750. The first kappa shape index (κ1) is 16.1. The van der Waals surface area contributed by atoms with Crippen LogP contribution in [0.1, 0.15) is 27.7 Å². The molecule has 0 radical (unpaired) electrons. The highest BCUT2D eigenvalue weighted by Crippen LogP contribution is 2.27. The van der Waals surface area contributed by atoms with E-state index in [1.54, 1.807) is 11.7 Å². The predicted molar refractivity (Wildman–Crippen MR) is 75.1 cm³/mol. The normalized spacial score (nSPS) is 14.9. The second kappa shape index (κ2) is 5.60. The summed E-state index contributed by atoms with van der Waals surface area (Å²) < 4.78 is 27.9. The molecule has 0 aliphatic heterocycles. The number of nitrogens with two attached hydrogens (primary N) is 1. The quantitative estimate of drug-likeness (QED) is 0.872. The standard InChI is InChI=1S/C12H24N4O2S/c1-10(12(2,3)4)15(5)19(17,18)11-8-14-16(9-11)7-6-13/h8-10H,6-7,13H2,1-5H3. The number of sulfonamides is 1. The molecular weight excluding hydrogens is 264 g/mol. The van der Waals surface area contributed by atoms with Crippen molar-refractivity contribution >= 4 is 10.0 Å². The molecule has 0 amide bonds. The third kappa shape index (κ3) is 3.55. The second-order valence-corrected chi connectivity index (χ2v) is 7.79. The smallest absolute Gasteiger partial charge is 0.246 e. The molecule has 0 aliphatic carbocycles. The van der Waals surface area contributed by atoms with E-state index in [9.17, 15) is 8.42 Å². The van der Waals surface area contributed by atoms with Crippen LogP contribution in [0.3, 0.4) is 0 Å². The lowest BCUT2D eigenvalue weighted by atomic mass is 9.88. The van der Waals surface area contributed by atoms with Crippen LogP contribution in [-0.4, -0.2) is 42.1 Å². The van der Waals surface area contributed by atoms with Crippen LogP contribution in [0.15, 0.2) is 17.3 Å². The Kier molecular flexibility index (Phi) is 4.76. The maximum Gasteiger partial charge on any atom is 0.246 e. The van der Waals surface area contributed by atoms with Gasteiger partial charge in [0.15, 0.2) is 0 Å². The van der Waals surface area contributed by atoms with Gasteiger partial charge in [0.1, 0.15) is 4.90 Å². The monoisotopic (exact) mass is 288 g/mol. The molecule has 0 bridgehead atoms. The van der Waals surface area contributed by atoms with Gasteiger partial charge in [0, 0.05) is 25.8 Å². The molecule has 2 N–H and O–H groups in total. The Bertz CT molecular complexity index is 516.